The van der Waals surface area contributed by atoms with Gasteiger partial charge in [-0.15, -0.1) is 0 Å². The van der Waals surface area contributed by atoms with Crippen molar-refractivity contribution in [3.63, 3.8) is 0 Å². The zero-order chi connectivity index (χ0) is 64.6. The van der Waals surface area contributed by atoms with Crippen LogP contribution in [0.1, 0.15) is 55.2 Å². The molecule has 12 rings (SSSR count). The maximum absolute atomic E-state index is 12.7. The number of piperidine rings is 3. The highest BCUT2D eigenvalue weighted by atomic mass is 16.5. The van der Waals surface area contributed by atoms with Crippen molar-refractivity contribution in [3.05, 3.63) is 212 Å². The predicted molar refractivity (Wildman–Crippen MR) is 370 cm³/mol. The first kappa shape index (κ1) is 66.5. The van der Waals surface area contributed by atoms with Gasteiger partial charge in [-0.05, 0) is 151 Å². The fourth-order valence-corrected chi connectivity index (χ4v) is 12.0. The highest BCUT2D eigenvalue weighted by Gasteiger charge is 2.25. The minimum Gasteiger partial charge on any atom is -0.497 e. The van der Waals surface area contributed by atoms with E-state index in [-0.39, 0.29) is 16.7 Å². The lowest BCUT2D eigenvalue weighted by Crippen LogP contribution is -2.46. The molecular weight excluding hydrogens is 1160 g/mol. The molecule has 3 aromatic heterocycles. The van der Waals surface area contributed by atoms with Gasteiger partial charge in [0.15, 0.2) is 0 Å². The molecule has 9 aromatic rings. The molecule has 3 N–H and O–H groups in total. The lowest BCUT2D eigenvalue weighted by Gasteiger charge is -2.37. The molecular formula is C75H84N12O6. The topological polar surface area (TPSA) is 183 Å². The van der Waals surface area contributed by atoms with Crippen LogP contribution in [0.2, 0.25) is 0 Å². The Morgan fingerprint density at radius 2 is 0.796 bits per heavy atom. The average molecular weight is 1250 g/mol. The first-order chi connectivity index (χ1) is 45.6. The standard InChI is InChI=1S/C34H34N4O2.C25H28N4O2.C16H22N4O2/c1-40-31-16-17-32-33(26-31)38(34(39)27-35-32)25-24-36-22-18-30(19-23-36)37(20-8-14-28-10-4-2-5-11-28)21-9-15-29-12-6-3-7-13-29;1-31-22-9-10-23-24(18-22)29(25(30)19-27-23)17-16-28-14-11-21(12-15-28)26-13-5-8-20-6-3-2-4-7-20;1-22-13-2-3-14-15(10-13)20(16(21)11-18-14)9-8-19-6-4-12(17)5-7-19/h2-7,10-13,16-17,26-27,30H,18-25H2,1H3;2-4,6-7,9-10,18-19,21,26H,11-17H2,1H3;2-3,10-12H,4-9,17H2,1H3. The van der Waals surface area contributed by atoms with Gasteiger partial charge in [-0.2, -0.15) is 0 Å². The molecule has 93 heavy (non-hydrogen) atoms. The minimum absolute atomic E-state index is 0.0746. The molecule has 0 atom stereocenters. The minimum atomic E-state index is -0.0872. The summed E-state index contributed by atoms with van der Waals surface area (Å²) in [6.07, 6.45) is 10.5. The van der Waals surface area contributed by atoms with Gasteiger partial charge < -0.3 is 53.7 Å². The Morgan fingerprint density at radius 3 is 1.16 bits per heavy atom. The number of rotatable bonds is 17. The number of likely N-dealkylation sites (tertiary alicyclic amines) is 3. The van der Waals surface area contributed by atoms with Gasteiger partial charge in [0, 0.05) is 92.3 Å². The van der Waals surface area contributed by atoms with E-state index in [1.54, 1.807) is 30.5 Å². The highest BCUT2D eigenvalue weighted by Crippen LogP contribution is 2.23. The number of nitrogens with two attached hydrogens (primary N) is 1. The van der Waals surface area contributed by atoms with Crippen LogP contribution in [0.15, 0.2) is 179 Å². The molecule has 18 heteroatoms. The number of nitrogens with zero attached hydrogens (tertiary/aromatic N) is 10. The van der Waals surface area contributed by atoms with Crippen LogP contribution in [0, 0.1) is 35.5 Å². The Balaban J connectivity index is 0.000000159. The summed E-state index contributed by atoms with van der Waals surface area (Å²) in [5, 5.41) is 3.55. The largest absolute Gasteiger partial charge is 0.497 e. The Morgan fingerprint density at radius 1 is 0.452 bits per heavy atom. The van der Waals surface area contributed by atoms with Gasteiger partial charge >= 0.3 is 0 Å². The van der Waals surface area contributed by atoms with Crippen molar-refractivity contribution in [2.24, 2.45) is 5.73 Å². The molecule has 3 fully saturated rings. The van der Waals surface area contributed by atoms with Crippen LogP contribution in [0.25, 0.3) is 33.1 Å². The molecule has 0 amide bonds. The van der Waals surface area contributed by atoms with E-state index in [0.717, 1.165) is 164 Å². The molecule has 480 valence electrons. The molecule has 0 radical (unpaired) electrons. The molecule has 6 aromatic carbocycles. The monoisotopic (exact) mass is 1250 g/mol. The normalized spacial score (nSPS) is 14.9. The maximum atomic E-state index is 12.7. The van der Waals surface area contributed by atoms with Gasteiger partial charge in [0.2, 0.25) is 0 Å². The SMILES string of the molecule is COc1ccc2ncc(=O)n(CCN3CCC(N(CC#Cc4ccccc4)CC#Cc4ccccc4)CC3)c2c1.COc1ccc2ncc(=O)n(CCN3CCC(N)CC3)c2c1.COc1ccc2ncc(=O)n(CCN3CCC(NCC#Cc4ccccc4)CC3)c2c1. The van der Waals surface area contributed by atoms with Crippen LogP contribution in [0.5, 0.6) is 17.2 Å². The number of hydrogen-bond donors (Lipinski definition) is 2. The summed E-state index contributed by atoms with van der Waals surface area (Å²) in [4.78, 5) is 59.7. The fraction of sp³-hybridized carbons (Fsp3) is 0.360. The highest BCUT2D eigenvalue weighted by molar-refractivity contribution is 5.78. The summed E-state index contributed by atoms with van der Waals surface area (Å²) in [6, 6.07) is 48.5. The first-order valence-electron chi connectivity index (χ1n) is 32.2. The molecule has 3 aliphatic heterocycles. The van der Waals surface area contributed by atoms with E-state index >= 15 is 0 Å². The Hall–Kier alpha value is -9.42. The van der Waals surface area contributed by atoms with Crippen LogP contribution in [0.4, 0.5) is 0 Å². The third kappa shape index (κ3) is 19.3. The Bertz CT molecular complexity index is 4200. The third-order valence-electron chi connectivity index (χ3n) is 17.4. The number of fused-ring (bicyclic) bond motifs is 3. The molecule has 0 spiro atoms. The summed E-state index contributed by atoms with van der Waals surface area (Å²) < 4.78 is 21.3. The van der Waals surface area contributed by atoms with Crippen molar-refractivity contribution in [2.45, 2.75) is 76.3 Å². The molecule has 18 nitrogen and oxygen atoms in total. The number of aromatic nitrogens is 6. The quantitative estimate of drug-likeness (QED) is 0.0849. The Labute approximate surface area is 544 Å². The molecule has 3 saturated heterocycles. The van der Waals surface area contributed by atoms with Crippen LogP contribution in [0.3, 0.4) is 0 Å². The number of hydrogen-bond acceptors (Lipinski definition) is 15. The molecule has 0 saturated carbocycles. The van der Waals surface area contributed by atoms with Gasteiger partial charge in [0.1, 0.15) is 17.2 Å². The van der Waals surface area contributed by atoms with E-state index in [2.05, 4.69) is 75.4 Å². The summed E-state index contributed by atoms with van der Waals surface area (Å²) >= 11 is 0. The van der Waals surface area contributed by atoms with Gasteiger partial charge in [-0.1, -0.05) is 90.1 Å². The lowest BCUT2D eigenvalue weighted by atomic mass is 10.0. The summed E-state index contributed by atoms with van der Waals surface area (Å²) in [6.45, 7) is 12.5. The second-order valence-electron chi connectivity index (χ2n) is 23.5. The zero-order valence-corrected chi connectivity index (χ0v) is 53.7. The predicted octanol–water partition coefficient (Wildman–Crippen LogP) is 7.61. The van der Waals surface area contributed by atoms with Crippen molar-refractivity contribution in [1.29, 1.82) is 0 Å². The molecule has 3 aliphatic rings. The molecule has 6 heterocycles. The van der Waals surface area contributed by atoms with Crippen molar-refractivity contribution in [2.75, 3.05) is 99.9 Å². The van der Waals surface area contributed by atoms with E-state index in [1.807, 2.05) is 150 Å². The van der Waals surface area contributed by atoms with Crippen molar-refractivity contribution >= 4 is 33.1 Å². The second kappa shape index (κ2) is 34.3. The summed E-state index contributed by atoms with van der Waals surface area (Å²) in [5.74, 6) is 21.9. The van der Waals surface area contributed by atoms with E-state index in [0.29, 0.717) is 57.4 Å². The van der Waals surface area contributed by atoms with E-state index in [4.69, 9.17) is 19.9 Å². The lowest BCUT2D eigenvalue weighted by molar-refractivity contribution is 0.126. The third-order valence-corrected chi connectivity index (χ3v) is 17.4. The first-order valence-corrected chi connectivity index (χ1v) is 32.2. The summed E-state index contributed by atoms with van der Waals surface area (Å²) in [5.41, 5.74) is 13.7. The molecule has 0 aliphatic carbocycles. The molecule has 0 bridgehead atoms. The zero-order valence-electron chi connectivity index (χ0n) is 53.7. The van der Waals surface area contributed by atoms with Gasteiger partial charge in [0.05, 0.1) is 92.7 Å². The van der Waals surface area contributed by atoms with Crippen LogP contribution in [-0.4, -0.2) is 166 Å². The van der Waals surface area contributed by atoms with Gasteiger partial charge in [-0.25, -0.2) is 15.0 Å². The Kier molecular flexibility index (Phi) is 24.5. The van der Waals surface area contributed by atoms with Crippen molar-refractivity contribution in [1.82, 2.24) is 53.6 Å². The number of ether oxygens (including phenoxy) is 3. The van der Waals surface area contributed by atoms with E-state index in [9.17, 15) is 14.4 Å². The van der Waals surface area contributed by atoms with Gasteiger partial charge in [0.25, 0.3) is 16.7 Å². The van der Waals surface area contributed by atoms with Crippen LogP contribution in [-0.2, 0) is 19.6 Å². The number of methoxy groups -OCH3 is 3. The van der Waals surface area contributed by atoms with E-state index < -0.39 is 0 Å². The van der Waals surface area contributed by atoms with Crippen LogP contribution >= 0.6 is 0 Å². The number of nitrogens with one attached hydrogen (secondary N) is 1. The maximum Gasteiger partial charge on any atom is 0.269 e. The van der Waals surface area contributed by atoms with E-state index in [1.165, 1.54) is 18.6 Å². The average Bonchev–Trinajstić information content (AvgIpc) is 1.32. The molecule has 0 unspecified atom stereocenters. The second-order valence-corrected chi connectivity index (χ2v) is 23.5. The fourth-order valence-electron chi connectivity index (χ4n) is 12.0. The number of benzene rings is 6. The van der Waals surface area contributed by atoms with Crippen molar-refractivity contribution < 1.29 is 14.2 Å². The van der Waals surface area contributed by atoms with Crippen LogP contribution < -0.4 is 41.9 Å². The van der Waals surface area contributed by atoms with Crippen molar-refractivity contribution in [3.8, 4) is 52.8 Å². The van der Waals surface area contributed by atoms with Gasteiger partial charge in [-0.3, -0.25) is 19.3 Å². The summed E-state index contributed by atoms with van der Waals surface area (Å²) in [7, 11) is 4.89. The smallest absolute Gasteiger partial charge is 0.269 e.